The molecule has 1 atom stereocenters. The van der Waals surface area contributed by atoms with Crippen LogP contribution in [0.3, 0.4) is 0 Å². The minimum atomic E-state index is -0.192. The van der Waals surface area contributed by atoms with Gasteiger partial charge in [-0.2, -0.15) is 5.26 Å². The molecule has 0 aliphatic carbocycles. The summed E-state index contributed by atoms with van der Waals surface area (Å²) in [6, 6.07) is 7.43. The molecule has 0 saturated heterocycles. The lowest BCUT2D eigenvalue weighted by Crippen LogP contribution is -1.93. The third kappa shape index (κ3) is 4.26. The largest absolute Gasteiger partial charge is 0.198 e. The Morgan fingerprint density at radius 2 is 2.00 bits per heavy atom. The molecule has 0 amide bonds. The van der Waals surface area contributed by atoms with Crippen LogP contribution >= 0.6 is 23.2 Å². The highest BCUT2D eigenvalue weighted by molar-refractivity contribution is 6.42. The maximum absolute atomic E-state index is 8.90. The maximum Gasteiger partial charge on any atom is 0.0747 e. The first-order valence-electron chi connectivity index (χ1n) is 5.14. The minimum Gasteiger partial charge on any atom is -0.198 e. The molecule has 1 unspecified atom stereocenters. The van der Waals surface area contributed by atoms with Crippen molar-refractivity contribution in [3.8, 4) is 6.07 Å². The van der Waals surface area contributed by atoms with E-state index in [1.54, 1.807) is 18.2 Å². The van der Waals surface area contributed by atoms with Gasteiger partial charge in [0, 0.05) is 0 Å². The number of halogens is 2. The highest BCUT2D eigenvalue weighted by Crippen LogP contribution is 2.27. The molecule has 16 heavy (non-hydrogen) atoms. The molecule has 0 aliphatic rings. The van der Waals surface area contributed by atoms with Gasteiger partial charge in [-0.05, 0) is 24.1 Å². The molecule has 0 heterocycles. The van der Waals surface area contributed by atoms with Gasteiger partial charge < -0.3 is 0 Å². The molecule has 3 heteroatoms. The molecule has 1 aromatic carbocycles. The van der Waals surface area contributed by atoms with Crippen molar-refractivity contribution >= 4 is 23.2 Å². The first-order valence-corrected chi connectivity index (χ1v) is 5.90. The van der Waals surface area contributed by atoms with E-state index in [0.29, 0.717) is 16.5 Å². The van der Waals surface area contributed by atoms with E-state index in [1.165, 1.54) is 0 Å². The number of hydrogen-bond acceptors (Lipinski definition) is 1. The van der Waals surface area contributed by atoms with Crippen LogP contribution in [0.1, 0.15) is 31.7 Å². The van der Waals surface area contributed by atoms with Crippen molar-refractivity contribution in [2.75, 3.05) is 0 Å². The first kappa shape index (κ1) is 15.0. The number of nitriles is 1. The van der Waals surface area contributed by atoms with Crippen molar-refractivity contribution in [2.45, 2.75) is 26.2 Å². The standard InChI is InChI=1S/C11H9Cl2N.C2H6/c1-2-3-9(7-14)8-4-5-10(12)11(13)6-8;1-2/h2,4-6,9H,1,3H2;1-2H3. The van der Waals surface area contributed by atoms with E-state index < -0.39 is 0 Å². The number of rotatable bonds is 3. The molecule has 0 aliphatic heterocycles. The van der Waals surface area contributed by atoms with Crippen LogP contribution in [0.4, 0.5) is 0 Å². The summed E-state index contributed by atoms with van der Waals surface area (Å²) in [7, 11) is 0. The quantitative estimate of drug-likeness (QED) is 0.681. The molecule has 0 spiro atoms. The van der Waals surface area contributed by atoms with Gasteiger partial charge in [0.2, 0.25) is 0 Å². The molecule has 0 aromatic heterocycles. The molecule has 1 rings (SSSR count). The number of hydrogen-bond donors (Lipinski definition) is 0. The lowest BCUT2D eigenvalue weighted by molar-refractivity contribution is 0.879. The minimum absolute atomic E-state index is 0.192. The second kappa shape index (κ2) is 8.21. The Kier molecular flexibility index (Phi) is 7.72. The molecular weight excluding hydrogens is 241 g/mol. The van der Waals surface area contributed by atoms with Crippen molar-refractivity contribution in [2.24, 2.45) is 0 Å². The highest BCUT2D eigenvalue weighted by atomic mass is 35.5. The third-order valence-corrected chi connectivity index (χ3v) is 2.64. The van der Waals surface area contributed by atoms with Gasteiger partial charge in [0.15, 0.2) is 0 Å². The topological polar surface area (TPSA) is 23.8 Å². The molecule has 0 bridgehead atoms. The van der Waals surface area contributed by atoms with Crippen LogP contribution in [0, 0.1) is 11.3 Å². The molecule has 0 N–H and O–H groups in total. The molecule has 1 nitrogen and oxygen atoms in total. The Morgan fingerprint density at radius 3 is 2.44 bits per heavy atom. The molecule has 86 valence electrons. The van der Waals surface area contributed by atoms with E-state index in [-0.39, 0.29) is 5.92 Å². The van der Waals surface area contributed by atoms with E-state index >= 15 is 0 Å². The Morgan fingerprint density at radius 1 is 1.38 bits per heavy atom. The summed E-state index contributed by atoms with van der Waals surface area (Å²) < 4.78 is 0. The zero-order chi connectivity index (χ0) is 12.6. The summed E-state index contributed by atoms with van der Waals surface area (Å²) in [5, 5.41) is 9.88. The Balaban J connectivity index is 0.00000106. The average Bonchev–Trinajstić information content (AvgIpc) is 2.32. The van der Waals surface area contributed by atoms with Crippen molar-refractivity contribution in [3.63, 3.8) is 0 Å². The normalized spacial score (nSPS) is 10.7. The van der Waals surface area contributed by atoms with Crippen molar-refractivity contribution in [3.05, 3.63) is 46.5 Å². The monoisotopic (exact) mass is 255 g/mol. The highest BCUT2D eigenvalue weighted by Gasteiger charge is 2.09. The van der Waals surface area contributed by atoms with E-state index in [0.717, 1.165) is 5.56 Å². The first-order chi connectivity index (χ1) is 7.69. The van der Waals surface area contributed by atoms with Crippen LogP contribution in [0.25, 0.3) is 0 Å². The van der Waals surface area contributed by atoms with Gasteiger partial charge >= 0.3 is 0 Å². The Bertz CT molecular complexity index is 380. The van der Waals surface area contributed by atoms with Gasteiger partial charge in [-0.25, -0.2) is 0 Å². The fraction of sp³-hybridized carbons (Fsp3) is 0.308. The predicted octanol–water partition coefficient (Wildman–Crippen LogP) is 5.20. The molecular formula is C13H15Cl2N. The van der Waals surface area contributed by atoms with Crippen LogP contribution in [0.15, 0.2) is 30.9 Å². The third-order valence-electron chi connectivity index (χ3n) is 1.90. The van der Waals surface area contributed by atoms with E-state index in [1.807, 2.05) is 19.9 Å². The van der Waals surface area contributed by atoms with Gasteiger partial charge in [0.25, 0.3) is 0 Å². The van der Waals surface area contributed by atoms with Gasteiger partial charge in [-0.1, -0.05) is 49.2 Å². The van der Waals surface area contributed by atoms with Crippen LogP contribution in [-0.2, 0) is 0 Å². The molecule has 0 saturated carbocycles. The molecule has 0 fully saturated rings. The predicted molar refractivity (Wildman–Crippen MR) is 71.0 cm³/mol. The van der Waals surface area contributed by atoms with E-state index in [2.05, 4.69) is 12.6 Å². The smallest absolute Gasteiger partial charge is 0.0747 e. The second-order valence-electron chi connectivity index (χ2n) is 2.88. The lowest BCUT2D eigenvalue weighted by Gasteiger charge is -2.07. The zero-order valence-electron chi connectivity index (χ0n) is 9.50. The van der Waals surface area contributed by atoms with Crippen molar-refractivity contribution in [1.82, 2.24) is 0 Å². The average molecular weight is 256 g/mol. The van der Waals surface area contributed by atoms with E-state index in [9.17, 15) is 0 Å². The summed E-state index contributed by atoms with van der Waals surface area (Å²) >= 11 is 11.6. The Hall–Kier alpha value is -0.970. The van der Waals surface area contributed by atoms with Gasteiger partial charge in [-0.15, -0.1) is 6.58 Å². The van der Waals surface area contributed by atoms with Crippen molar-refractivity contribution < 1.29 is 0 Å². The van der Waals surface area contributed by atoms with Gasteiger partial charge in [-0.3, -0.25) is 0 Å². The summed E-state index contributed by atoms with van der Waals surface area (Å²) in [6.07, 6.45) is 2.34. The lowest BCUT2D eigenvalue weighted by atomic mass is 9.97. The van der Waals surface area contributed by atoms with Crippen molar-refractivity contribution in [1.29, 1.82) is 5.26 Å². The maximum atomic E-state index is 8.90. The second-order valence-corrected chi connectivity index (χ2v) is 3.69. The zero-order valence-corrected chi connectivity index (χ0v) is 11.0. The van der Waals surface area contributed by atoms with E-state index in [4.69, 9.17) is 28.5 Å². The number of nitrogens with zero attached hydrogens (tertiary/aromatic N) is 1. The summed E-state index contributed by atoms with van der Waals surface area (Å²) in [5.74, 6) is -0.192. The molecule has 1 aromatic rings. The van der Waals surface area contributed by atoms with Crippen LogP contribution < -0.4 is 0 Å². The van der Waals surface area contributed by atoms with Crippen LogP contribution in [0.5, 0.6) is 0 Å². The van der Waals surface area contributed by atoms with Gasteiger partial charge in [0.05, 0.1) is 22.0 Å². The fourth-order valence-electron chi connectivity index (χ4n) is 1.16. The Labute approximate surface area is 107 Å². The fourth-order valence-corrected chi connectivity index (χ4v) is 1.47. The van der Waals surface area contributed by atoms with Crippen LogP contribution in [-0.4, -0.2) is 0 Å². The SMILES string of the molecule is C=CCC(C#N)c1ccc(Cl)c(Cl)c1.CC. The summed E-state index contributed by atoms with van der Waals surface area (Å²) in [6.45, 7) is 7.60. The van der Waals surface area contributed by atoms with Crippen LogP contribution in [0.2, 0.25) is 10.0 Å². The summed E-state index contributed by atoms with van der Waals surface area (Å²) in [4.78, 5) is 0. The summed E-state index contributed by atoms with van der Waals surface area (Å²) in [5.41, 5.74) is 0.877. The number of benzene rings is 1. The number of allylic oxidation sites excluding steroid dienone is 1. The van der Waals surface area contributed by atoms with Gasteiger partial charge in [0.1, 0.15) is 0 Å². The molecule has 0 radical (unpaired) electrons.